The molecule has 0 aliphatic carbocycles. The Kier molecular flexibility index (Phi) is 4.73. The van der Waals surface area contributed by atoms with Crippen molar-refractivity contribution in [2.75, 3.05) is 13.1 Å². The molecule has 16 heavy (non-hydrogen) atoms. The van der Waals surface area contributed by atoms with Gasteiger partial charge in [-0.25, -0.2) is 0 Å². The first-order chi connectivity index (χ1) is 7.50. The molecule has 1 rings (SSSR count). The number of hydrogen-bond acceptors (Lipinski definition) is 3. The number of likely N-dealkylation sites (tertiary alicyclic amines) is 1. The molecule has 1 aliphatic rings. The number of carboxylic acids is 1. The summed E-state index contributed by atoms with van der Waals surface area (Å²) in [6.45, 7) is 4.67. The van der Waals surface area contributed by atoms with Crippen LogP contribution in [0.25, 0.3) is 0 Å². The Morgan fingerprint density at radius 1 is 1.44 bits per heavy atom. The molecule has 1 heterocycles. The molecule has 1 amide bonds. The molecule has 0 bridgehead atoms. The monoisotopic (exact) mass is 228 g/mol. The van der Waals surface area contributed by atoms with Crippen LogP contribution in [0.15, 0.2) is 0 Å². The molecule has 0 aromatic carbocycles. The maximum Gasteiger partial charge on any atom is 0.320 e. The van der Waals surface area contributed by atoms with Gasteiger partial charge in [0.05, 0.1) is 6.54 Å². The van der Waals surface area contributed by atoms with Crippen LogP contribution in [-0.4, -0.2) is 47.1 Å². The molecule has 0 radical (unpaired) electrons. The third-order valence-corrected chi connectivity index (χ3v) is 2.70. The summed E-state index contributed by atoms with van der Waals surface area (Å²) in [4.78, 5) is 24.3. The van der Waals surface area contributed by atoms with Crippen molar-refractivity contribution in [2.24, 2.45) is 0 Å². The Hall–Kier alpha value is -1.10. The van der Waals surface area contributed by atoms with Gasteiger partial charge in [0.2, 0.25) is 5.91 Å². The third-order valence-electron chi connectivity index (χ3n) is 2.70. The van der Waals surface area contributed by atoms with Crippen molar-refractivity contribution < 1.29 is 14.7 Å². The normalized spacial score (nSPS) is 22.1. The van der Waals surface area contributed by atoms with E-state index in [4.69, 9.17) is 5.11 Å². The van der Waals surface area contributed by atoms with Crippen LogP contribution >= 0.6 is 0 Å². The molecular formula is C11H20N2O3. The highest BCUT2D eigenvalue weighted by atomic mass is 16.4. The topological polar surface area (TPSA) is 69.6 Å². The number of nitrogens with zero attached hydrogens (tertiary/aromatic N) is 1. The summed E-state index contributed by atoms with van der Waals surface area (Å²) in [5.74, 6) is -0.916. The summed E-state index contributed by atoms with van der Waals surface area (Å²) >= 11 is 0. The van der Waals surface area contributed by atoms with Crippen LogP contribution in [-0.2, 0) is 9.59 Å². The van der Waals surface area contributed by atoms with Gasteiger partial charge in [-0.2, -0.15) is 0 Å². The molecule has 0 saturated carbocycles. The van der Waals surface area contributed by atoms with Gasteiger partial charge in [-0.1, -0.05) is 6.42 Å². The summed E-state index contributed by atoms with van der Waals surface area (Å²) in [6, 6.07) is -0.396. The average Bonchev–Trinajstić information content (AvgIpc) is 2.16. The van der Waals surface area contributed by atoms with Crippen LogP contribution in [0.4, 0.5) is 0 Å². The summed E-state index contributed by atoms with van der Waals surface area (Å²) < 4.78 is 0. The number of amides is 1. The smallest absolute Gasteiger partial charge is 0.320 e. The maximum absolute atomic E-state index is 11.5. The summed E-state index contributed by atoms with van der Waals surface area (Å²) in [6.07, 6.45) is 2.54. The summed E-state index contributed by atoms with van der Waals surface area (Å²) in [7, 11) is 0. The third kappa shape index (κ3) is 3.81. The van der Waals surface area contributed by atoms with Crippen molar-refractivity contribution in [2.45, 2.75) is 45.2 Å². The predicted octanol–water partition coefficient (Wildman–Crippen LogP) is 0.450. The molecule has 1 atom stereocenters. The number of carboxylic acid groups (broad SMARTS) is 1. The van der Waals surface area contributed by atoms with Gasteiger partial charge in [0.15, 0.2) is 0 Å². The number of carbonyl (C=O) groups is 2. The molecule has 0 unspecified atom stereocenters. The zero-order valence-corrected chi connectivity index (χ0v) is 9.90. The first-order valence-corrected chi connectivity index (χ1v) is 5.77. The second kappa shape index (κ2) is 5.84. The highest BCUT2D eigenvalue weighted by molar-refractivity contribution is 5.80. The van der Waals surface area contributed by atoms with Crippen LogP contribution in [0, 0.1) is 0 Å². The SMILES string of the molecule is CC(C)NC(=O)CN1CCCC[C@H]1C(=O)O. The number of aliphatic carboxylic acids is 1. The lowest BCUT2D eigenvalue weighted by Crippen LogP contribution is -2.49. The lowest BCUT2D eigenvalue weighted by atomic mass is 10.0. The molecule has 1 aliphatic heterocycles. The van der Waals surface area contributed by atoms with E-state index in [1.54, 1.807) is 4.90 Å². The van der Waals surface area contributed by atoms with Crippen LogP contribution in [0.1, 0.15) is 33.1 Å². The predicted molar refractivity (Wildman–Crippen MR) is 60.1 cm³/mol. The van der Waals surface area contributed by atoms with Crippen molar-refractivity contribution in [3.05, 3.63) is 0 Å². The van der Waals surface area contributed by atoms with Gasteiger partial charge < -0.3 is 10.4 Å². The fourth-order valence-corrected chi connectivity index (χ4v) is 2.01. The van der Waals surface area contributed by atoms with Gasteiger partial charge in [0, 0.05) is 6.04 Å². The maximum atomic E-state index is 11.5. The highest BCUT2D eigenvalue weighted by Crippen LogP contribution is 2.16. The molecule has 1 fully saturated rings. The highest BCUT2D eigenvalue weighted by Gasteiger charge is 2.29. The van der Waals surface area contributed by atoms with E-state index in [2.05, 4.69) is 5.32 Å². The number of nitrogens with one attached hydrogen (secondary N) is 1. The number of rotatable bonds is 4. The van der Waals surface area contributed by atoms with Crippen LogP contribution in [0.2, 0.25) is 0 Å². The minimum Gasteiger partial charge on any atom is -0.480 e. The summed E-state index contributed by atoms with van der Waals surface area (Å²) in [5, 5.41) is 11.8. The van der Waals surface area contributed by atoms with Crippen molar-refractivity contribution in [1.29, 1.82) is 0 Å². The van der Waals surface area contributed by atoms with Gasteiger partial charge in [-0.15, -0.1) is 0 Å². The van der Waals surface area contributed by atoms with Gasteiger partial charge in [0.25, 0.3) is 0 Å². The quantitative estimate of drug-likeness (QED) is 0.733. The van der Waals surface area contributed by atoms with E-state index < -0.39 is 12.0 Å². The Bertz CT molecular complexity index is 266. The second-order valence-corrected chi connectivity index (χ2v) is 4.54. The molecule has 5 nitrogen and oxygen atoms in total. The van der Waals surface area contributed by atoms with Gasteiger partial charge in [-0.3, -0.25) is 14.5 Å². The van der Waals surface area contributed by atoms with Crippen molar-refractivity contribution in [3.8, 4) is 0 Å². The van der Waals surface area contributed by atoms with E-state index in [0.29, 0.717) is 13.0 Å². The fourth-order valence-electron chi connectivity index (χ4n) is 2.01. The number of hydrogen-bond donors (Lipinski definition) is 2. The van der Waals surface area contributed by atoms with Crippen LogP contribution in [0.5, 0.6) is 0 Å². The molecule has 0 aromatic rings. The average molecular weight is 228 g/mol. The Balaban J connectivity index is 2.49. The lowest BCUT2D eigenvalue weighted by Gasteiger charge is -2.32. The van der Waals surface area contributed by atoms with Crippen LogP contribution in [0.3, 0.4) is 0 Å². The molecule has 92 valence electrons. The van der Waals surface area contributed by atoms with E-state index in [1.807, 2.05) is 13.8 Å². The molecule has 0 spiro atoms. The Labute approximate surface area is 95.8 Å². The van der Waals surface area contributed by atoms with E-state index in [9.17, 15) is 9.59 Å². The standard InChI is InChI=1S/C11H20N2O3/c1-8(2)12-10(14)7-13-6-4-3-5-9(13)11(15)16/h8-9H,3-7H2,1-2H3,(H,12,14)(H,15,16)/t9-/m0/s1. The molecule has 2 N–H and O–H groups in total. The Morgan fingerprint density at radius 3 is 2.69 bits per heavy atom. The first-order valence-electron chi connectivity index (χ1n) is 5.77. The van der Waals surface area contributed by atoms with E-state index in [0.717, 1.165) is 12.8 Å². The zero-order valence-electron chi connectivity index (χ0n) is 9.90. The van der Waals surface area contributed by atoms with Gasteiger partial charge >= 0.3 is 5.97 Å². The van der Waals surface area contributed by atoms with Crippen LogP contribution < -0.4 is 5.32 Å². The lowest BCUT2D eigenvalue weighted by molar-refractivity contribution is -0.145. The molecule has 0 aromatic heterocycles. The number of piperidine rings is 1. The van der Waals surface area contributed by atoms with E-state index in [1.165, 1.54) is 0 Å². The Morgan fingerprint density at radius 2 is 2.12 bits per heavy atom. The summed E-state index contributed by atoms with van der Waals surface area (Å²) in [5.41, 5.74) is 0. The first kappa shape index (κ1) is 13.0. The van der Waals surface area contributed by atoms with E-state index >= 15 is 0 Å². The van der Waals surface area contributed by atoms with Gasteiger partial charge in [-0.05, 0) is 33.2 Å². The minimum atomic E-state index is -0.822. The largest absolute Gasteiger partial charge is 0.480 e. The number of carbonyl (C=O) groups excluding carboxylic acids is 1. The van der Waals surface area contributed by atoms with Crippen molar-refractivity contribution in [3.63, 3.8) is 0 Å². The van der Waals surface area contributed by atoms with Crippen molar-refractivity contribution in [1.82, 2.24) is 10.2 Å². The molecule has 5 heteroatoms. The second-order valence-electron chi connectivity index (χ2n) is 4.54. The fraction of sp³-hybridized carbons (Fsp3) is 0.818. The van der Waals surface area contributed by atoms with Crippen molar-refractivity contribution >= 4 is 11.9 Å². The molecule has 1 saturated heterocycles. The molecular weight excluding hydrogens is 208 g/mol. The van der Waals surface area contributed by atoms with E-state index in [-0.39, 0.29) is 18.5 Å². The minimum absolute atomic E-state index is 0.0943. The van der Waals surface area contributed by atoms with Gasteiger partial charge in [0.1, 0.15) is 6.04 Å². The zero-order chi connectivity index (χ0) is 12.1.